The van der Waals surface area contributed by atoms with Crippen molar-refractivity contribution in [2.75, 3.05) is 11.4 Å². The summed E-state index contributed by atoms with van der Waals surface area (Å²) in [6.07, 6.45) is 1.17. The van der Waals surface area contributed by atoms with Gasteiger partial charge in [0.2, 0.25) is 11.8 Å². The van der Waals surface area contributed by atoms with E-state index in [2.05, 4.69) is 12.2 Å². The summed E-state index contributed by atoms with van der Waals surface area (Å²) >= 11 is 0. The van der Waals surface area contributed by atoms with E-state index in [1.54, 1.807) is 4.90 Å². The van der Waals surface area contributed by atoms with Gasteiger partial charge >= 0.3 is 0 Å². The van der Waals surface area contributed by atoms with Crippen molar-refractivity contribution in [1.29, 1.82) is 0 Å². The third-order valence-corrected chi connectivity index (χ3v) is 3.66. The lowest BCUT2D eigenvalue weighted by molar-refractivity contribution is -0.127. The summed E-state index contributed by atoms with van der Waals surface area (Å²) < 4.78 is 0. The Bertz CT molecular complexity index is 546. The Hall–Kier alpha value is -1.84. The van der Waals surface area contributed by atoms with Gasteiger partial charge in [-0.15, -0.1) is 0 Å². The smallest absolute Gasteiger partial charge is 0.227 e. The molecule has 114 valence electrons. The Balaban J connectivity index is 2.15. The van der Waals surface area contributed by atoms with Crippen LogP contribution in [0.4, 0.5) is 5.69 Å². The topological polar surface area (TPSA) is 49.4 Å². The largest absolute Gasteiger partial charge is 0.351 e. The van der Waals surface area contributed by atoms with Crippen molar-refractivity contribution in [3.63, 3.8) is 0 Å². The minimum Gasteiger partial charge on any atom is -0.351 e. The average molecular weight is 288 g/mol. The zero-order valence-electron chi connectivity index (χ0n) is 13.3. The van der Waals surface area contributed by atoms with Gasteiger partial charge in [0, 0.05) is 24.2 Å². The summed E-state index contributed by atoms with van der Waals surface area (Å²) in [6.45, 7) is 8.39. The Morgan fingerprint density at radius 3 is 2.62 bits per heavy atom. The van der Waals surface area contributed by atoms with Gasteiger partial charge in [-0.2, -0.15) is 0 Å². The first kappa shape index (κ1) is 15.5. The molecular weight excluding hydrogens is 264 g/mol. The number of para-hydroxylation sites is 1. The number of nitrogens with zero attached hydrogens (tertiary/aromatic N) is 1. The zero-order chi connectivity index (χ0) is 15.6. The standard InChI is InChI=1S/C17H24N2O2/c1-5-12-8-6-7-9-14(12)19-11-13(10-15(19)20)16(21)18-17(2,3)4/h6-9,13H,5,10-11H2,1-4H3,(H,18,21)/t13-/m0/s1. The molecule has 1 aromatic carbocycles. The minimum absolute atomic E-state index is 0.0324. The molecule has 1 aliphatic rings. The molecule has 21 heavy (non-hydrogen) atoms. The highest BCUT2D eigenvalue weighted by Crippen LogP contribution is 2.28. The number of hydrogen-bond acceptors (Lipinski definition) is 2. The fraction of sp³-hybridized carbons (Fsp3) is 0.529. The second-order valence-corrected chi connectivity index (χ2v) is 6.63. The molecule has 4 nitrogen and oxygen atoms in total. The number of rotatable bonds is 3. The van der Waals surface area contributed by atoms with E-state index in [9.17, 15) is 9.59 Å². The normalized spacial score (nSPS) is 19.0. The van der Waals surface area contributed by atoms with Crippen LogP contribution < -0.4 is 10.2 Å². The third kappa shape index (κ3) is 3.63. The van der Waals surface area contributed by atoms with Crippen molar-refractivity contribution in [2.45, 2.75) is 46.1 Å². The lowest BCUT2D eigenvalue weighted by atomic mass is 10.0. The predicted octanol–water partition coefficient (Wildman–Crippen LogP) is 2.52. The van der Waals surface area contributed by atoms with Crippen LogP contribution in [0.5, 0.6) is 0 Å². The molecular formula is C17H24N2O2. The first-order valence-electron chi connectivity index (χ1n) is 7.52. The van der Waals surface area contributed by atoms with Gasteiger partial charge < -0.3 is 10.2 Å². The summed E-state index contributed by atoms with van der Waals surface area (Å²) in [6, 6.07) is 7.91. The van der Waals surface area contributed by atoms with E-state index in [0.717, 1.165) is 17.7 Å². The molecule has 0 radical (unpaired) electrons. The SMILES string of the molecule is CCc1ccccc1N1C[C@@H](C(=O)NC(C)(C)C)CC1=O. The fourth-order valence-electron chi connectivity index (χ4n) is 2.66. The van der Waals surface area contributed by atoms with Crippen molar-refractivity contribution in [3.05, 3.63) is 29.8 Å². The molecule has 2 amide bonds. The first-order valence-corrected chi connectivity index (χ1v) is 7.52. The number of carbonyl (C=O) groups excluding carboxylic acids is 2. The maximum Gasteiger partial charge on any atom is 0.227 e. The summed E-state index contributed by atoms with van der Waals surface area (Å²) in [7, 11) is 0. The molecule has 1 atom stereocenters. The number of hydrogen-bond donors (Lipinski definition) is 1. The van der Waals surface area contributed by atoms with Crippen LogP contribution in [0.1, 0.15) is 39.7 Å². The number of anilines is 1. The van der Waals surface area contributed by atoms with Crippen molar-refractivity contribution in [1.82, 2.24) is 5.32 Å². The molecule has 1 heterocycles. The zero-order valence-corrected chi connectivity index (χ0v) is 13.3. The Labute approximate surface area is 126 Å². The van der Waals surface area contributed by atoms with Crippen LogP contribution in [0.2, 0.25) is 0 Å². The number of carbonyl (C=O) groups is 2. The Morgan fingerprint density at radius 1 is 1.33 bits per heavy atom. The second-order valence-electron chi connectivity index (χ2n) is 6.63. The van der Waals surface area contributed by atoms with Gasteiger partial charge in [-0.1, -0.05) is 25.1 Å². The lowest BCUT2D eigenvalue weighted by Crippen LogP contribution is -2.44. The van der Waals surface area contributed by atoms with Gasteiger partial charge in [0.1, 0.15) is 0 Å². The molecule has 1 saturated heterocycles. The molecule has 2 rings (SSSR count). The molecule has 0 aliphatic carbocycles. The molecule has 4 heteroatoms. The number of nitrogens with one attached hydrogen (secondary N) is 1. The monoisotopic (exact) mass is 288 g/mol. The van der Waals surface area contributed by atoms with Crippen molar-refractivity contribution in [2.24, 2.45) is 5.92 Å². The summed E-state index contributed by atoms with van der Waals surface area (Å²) in [4.78, 5) is 26.3. The first-order chi connectivity index (χ1) is 9.81. The maximum atomic E-state index is 12.3. The molecule has 0 saturated carbocycles. The second kappa shape index (κ2) is 5.88. The summed E-state index contributed by atoms with van der Waals surface area (Å²) in [5.41, 5.74) is 1.81. The average Bonchev–Trinajstić information content (AvgIpc) is 2.79. The highest BCUT2D eigenvalue weighted by atomic mass is 16.2. The summed E-state index contributed by atoms with van der Waals surface area (Å²) in [5.74, 6) is -0.265. The van der Waals surface area contributed by atoms with Gasteiger partial charge in [-0.3, -0.25) is 9.59 Å². The van der Waals surface area contributed by atoms with Gasteiger partial charge in [0.15, 0.2) is 0 Å². The Morgan fingerprint density at radius 2 is 2.00 bits per heavy atom. The van der Waals surface area contributed by atoms with E-state index < -0.39 is 0 Å². The highest BCUT2D eigenvalue weighted by molar-refractivity contribution is 6.00. The molecule has 1 fully saturated rings. The van der Waals surface area contributed by atoms with E-state index in [1.807, 2.05) is 45.0 Å². The van der Waals surface area contributed by atoms with Crippen molar-refractivity contribution in [3.8, 4) is 0 Å². The molecule has 1 N–H and O–H groups in total. The number of aryl methyl sites for hydroxylation is 1. The molecule has 1 aromatic rings. The molecule has 0 aromatic heterocycles. The van der Waals surface area contributed by atoms with E-state index in [4.69, 9.17) is 0 Å². The van der Waals surface area contributed by atoms with E-state index in [-0.39, 0.29) is 23.3 Å². The van der Waals surface area contributed by atoms with Crippen molar-refractivity contribution < 1.29 is 9.59 Å². The van der Waals surface area contributed by atoms with Crippen LogP contribution >= 0.6 is 0 Å². The van der Waals surface area contributed by atoms with Crippen LogP contribution in [0.3, 0.4) is 0 Å². The van der Waals surface area contributed by atoms with Gasteiger partial charge in [-0.05, 0) is 38.8 Å². The molecule has 0 unspecified atom stereocenters. The van der Waals surface area contributed by atoms with Gasteiger partial charge in [-0.25, -0.2) is 0 Å². The number of amides is 2. The number of benzene rings is 1. The minimum atomic E-state index is -0.269. The van der Waals surface area contributed by atoms with E-state index in [0.29, 0.717) is 13.0 Å². The molecule has 0 bridgehead atoms. The van der Waals surface area contributed by atoms with Crippen LogP contribution in [0.25, 0.3) is 0 Å². The van der Waals surface area contributed by atoms with E-state index in [1.165, 1.54) is 0 Å². The quantitative estimate of drug-likeness (QED) is 0.929. The van der Waals surface area contributed by atoms with Crippen LogP contribution in [-0.4, -0.2) is 23.9 Å². The third-order valence-electron chi connectivity index (χ3n) is 3.66. The predicted molar refractivity (Wildman–Crippen MR) is 84.2 cm³/mol. The van der Waals surface area contributed by atoms with Crippen LogP contribution in [0, 0.1) is 5.92 Å². The highest BCUT2D eigenvalue weighted by Gasteiger charge is 2.36. The molecule has 1 aliphatic heterocycles. The summed E-state index contributed by atoms with van der Waals surface area (Å²) in [5, 5.41) is 2.96. The van der Waals surface area contributed by atoms with E-state index >= 15 is 0 Å². The maximum absolute atomic E-state index is 12.3. The van der Waals surface area contributed by atoms with Crippen molar-refractivity contribution >= 4 is 17.5 Å². The fourth-order valence-corrected chi connectivity index (χ4v) is 2.66. The van der Waals surface area contributed by atoms with Crippen LogP contribution in [-0.2, 0) is 16.0 Å². The van der Waals surface area contributed by atoms with Gasteiger partial charge in [0.25, 0.3) is 0 Å². The van der Waals surface area contributed by atoms with Gasteiger partial charge in [0.05, 0.1) is 5.92 Å². The molecule has 0 spiro atoms. The lowest BCUT2D eigenvalue weighted by Gasteiger charge is -2.23. The van der Waals surface area contributed by atoms with Crippen LogP contribution in [0.15, 0.2) is 24.3 Å². The Kier molecular flexibility index (Phi) is 4.35.